The van der Waals surface area contributed by atoms with E-state index < -0.39 is 10.0 Å². The van der Waals surface area contributed by atoms with E-state index >= 15 is 0 Å². The van der Waals surface area contributed by atoms with E-state index in [0.717, 1.165) is 16.5 Å². The van der Waals surface area contributed by atoms with Crippen molar-refractivity contribution in [2.75, 3.05) is 13.2 Å². The number of fused-ring (bicyclic) bond motifs is 1. The Hall–Kier alpha value is -2.82. The summed E-state index contributed by atoms with van der Waals surface area (Å²) < 4.78 is 37.4. The van der Waals surface area contributed by atoms with Gasteiger partial charge in [0, 0.05) is 5.39 Å². The van der Waals surface area contributed by atoms with E-state index in [1.165, 1.54) is 0 Å². The molecule has 0 aliphatic heterocycles. The molecule has 0 spiro atoms. The fourth-order valence-electron chi connectivity index (χ4n) is 2.61. The number of nitrogens with zero attached hydrogens (tertiary/aromatic N) is 1. The van der Waals surface area contributed by atoms with Gasteiger partial charge in [0.15, 0.2) is 5.76 Å². The molecule has 0 aliphatic rings. The van der Waals surface area contributed by atoms with Crippen molar-refractivity contribution in [3.8, 4) is 17.6 Å². The lowest BCUT2D eigenvalue weighted by atomic mass is 10.1. The Balaban J connectivity index is 1.58. The molecule has 7 heteroatoms. The second-order valence-corrected chi connectivity index (χ2v) is 7.30. The van der Waals surface area contributed by atoms with Gasteiger partial charge >= 0.3 is 0 Å². The third-order valence-corrected chi connectivity index (χ3v) is 5.41. The van der Waals surface area contributed by atoms with Gasteiger partial charge in [0.25, 0.3) is 0 Å². The molecule has 26 heavy (non-hydrogen) atoms. The van der Waals surface area contributed by atoms with Crippen LogP contribution in [-0.4, -0.2) is 26.7 Å². The molecular weight excluding hydrogens is 352 g/mol. The highest BCUT2D eigenvalue weighted by molar-refractivity contribution is 7.89. The van der Waals surface area contributed by atoms with Crippen LogP contribution in [0.25, 0.3) is 10.8 Å². The Morgan fingerprint density at radius 2 is 1.88 bits per heavy atom. The molecule has 0 amide bonds. The van der Waals surface area contributed by atoms with Crippen LogP contribution in [0.1, 0.15) is 11.5 Å². The Bertz CT molecular complexity index is 1070. The molecule has 1 aromatic heterocycles. The number of sulfonamides is 1. The Morgan fingerprint density at radius 3 is 2.65 bits per heavy atom. The first-order valence-electron chi connectivity index (χ1n) is 7.98. The van der Waals surface area contributed by atoms with Crippen molar-refractivity contribution in [3.63, 3.8) is 0 Å². The summed E-state index contributed by atoms with van der Waals surface area (Å²) in [6.07, 6.45) is 0. The van der Waals surface area contributed by atoms with Crippen molar-refractivity contribution < 1.29 is 17.7 Å². The topological polar surface area (TPSA) is 81.4 Å². The smallest absolute Gasteiger partial charge is 0.246 e. The van der Waals surface area contributed by atoms with Crippen molar-refractivity contribution in [2.45, 2.75) is 18.7 Å². The Kier molecular flexibility index (Phi) is 5.26. The lowest BCUT2D eigenvalue weighted by Gasteiger charge is -2.06. The van der Waals surface area contributed by atoms with Crippen molar-refractivity contribution in [1.82, 2.24) is 9.88 Å². The van der Waals surface area contributed by atoms with Gasteiger partial charge in [-0.3, -0.25) is 0 Å². The van der Waals surface area contributed by atoms with Crippen LogP contribution in [0.5, 0.6) is 5.75 Å². The highest BCUT2D eigenvalue weighted by Gasteiger charge is 2.23. The SMILES string of the molecule is Cc1noc(C)c1S(=O)(=O)NCC#CCOc1cccc2ccccc12. The normalized spacial score (nSPS) is 11.2. The summed E-state index contributed by atoms with van der Waals surface area (Å²) in [5.41, 5.74) is 0.322. The number of benzene rings is 2. The molecule has 0 saturated heterocycles. The van der Waals surface area contributed by atoms with Gasteiger partial charge < -0.3 is 9.26 Å². The fraction of sp³-hybridized carbons (Fsp3) is 0.211. The number of hydrogen-bond donors (Lipinski definition) is 1. The summed E-state index contributed by atoms with van der Waals surface area (Å²) >= 11 is 0. The van der Waals surface area contributed by atoms with Crippen LogP contribution in [0.4, 0.5) is 0 Å². The van der Waals surface area contributed by atoms with Gasteiger partial charge in [0.2, 0.25) is 10.0 Å². The summed E-state index contributed by atoms with van der Waals surface area (Å²) in [5, 5.41) is 5.75. The molecule has 6 nitrogen and oxygen atoms in total. The van der Waals surface area contributed by atoms with Gasteiger partial charge in [-0.05, 0) is 25.3 Å². The zero-order valence-corrected chi connectivity index (χ0v) is 15.3. The van der Waals surface area contributed by atoms with Crippen LogP contribution in [-0.2, 0) is 10.0 Å². The third-order valence-electron chi connectivity index (χ3n) is 3.76. The average molecular weight is 370 g/mol. The molecule has 0 unspecified atom stereocenters. The number of nitrogens with one attached hydrogen (secondary N) is 1. The van der Waals surface area contributed by atoms with Gasteiger partial charge in [-0.25, -0.2) is 8.42 Å². The van der Waals surface area contributed by atoms with E-state index in [1.807, 2.05) is 42.5 Å². The molecule has 134 valence electrons. The largest absolute Gasteiger partial charge is 0.480 e. The van der Waals surface area contributed by atoms with E-state index in [4.69, 9.17) is 9.26 Å². The molecule has 3 aromatic rings. The molecule has 0 bridgehead atoms. The first-order chi connectivity index (χ1) is 12.5. The van der Waals surface area contributed by atoms with Crippen LogP contribution < -0.4 is 9.46 Å². The van der Waals surface area contributed by atoms with Gasteiger partial charge in [0.05, 0.1) is 6.54 Å². The van der Waals surface area contributed by atoms with Crippen LogP contribution >= 0.6 is 0 Å². The standard InChI is InChI=1S/C19H18N2O4S/c1-14-19(15(2)25-21-14)26(22,23)20-12-5-6-13-24-18-11-7-9-16-8-3-4-10-17(16)18/h3-4,7-11,20H,12-13H2,1-2H3. The predicted molar refractivity (Wildman–Crippen MR) is 98.4 cm³/mol. The molecule has 1 heterocycles. The third kappa shape index (κ3) is 3.87. The molecule has 2 aromatic carbocycles. The minimum Gasteiger partial charge on any atom is -0.480 e. The summed E-state index contributed by atoms with van der Waals surface area (Å²) in [7, 11) is -3.70. The quantitative estimate of drug-likeness (QED) is 0.699. The second kappa shape index (κ2) is 7.60. The number of rotatable bonds is 5. The Morgan fingerprint density at radius 1 is 1.12 bits per heavy atom. The summed E-state index contributed by atoms with van der Waals surface area (Å²) in [5.74, 6) is 6.55. The van der Waals surface area contributed by atoms with Crippen LogP contribution in [0.3, 0.4) is 0 Å². The monoisotopic (exact) mass is 370 g/mol. The van der Waals surface area contributed by atoms with E-state index in [2.05, 4.69) is 21.7 Å². The maximum Gasteiger partial charge on any atom is 0.246 e. The molecule has 0 atom stereocenters. The van der Waals surface area contributed by atoms with Crippen molar-refractivity contribution >= 4 is 20.8 Å². The maximum absolute atomic E-state index is 12.2. The first kappa shape index (κ1) is 18.0. The summed E-state index contributed by atoms with van der Waals surface area (Å²) in [4.78, 5) is 0.0614. The molecule has 0 radical (unpaired) electrons. The average Bonchev–Trinajstić information content (AvgIpc) is 2.97. The minimum atomic E-state index is -3.70. The van der Waals surface area contributed by atoms with E-state index in [-0.39, 0.29) is 23.8 Å². The zero-order valence-electron chi connectivity index (χ0n) is 14.4. The zero-order chi connectivity index (χ0) is 18.6. The van der Waals surface area contributed by atoms with E-state index in [0.29, 0.717) is 5.69 Å². The van der Waals surface area contributed by atoms with Crippen molar-refractivity contribution in [1.29, 1.82) is 0 Å². The molecule has 1 N–H and O–H groups in total. The first-order valence-corrected chi connectivity index (χ1v) is 9.46. The number of hydrogen-bond acceptors (Lipinski definition) is 5. The molecular formula is C19H18N2O4S. The van der Waals surface area contributed by atoms with E-state index in [9.17, 15) is 8.42 Å². The number of aromatic nitrogens is 1. The number of aryl methyl sites for hydroxylation is 2. The minimum absolute atomic E-state index is 0.0225. The predicted octanol–water partition coefficient (Wildman–Crippen LogP) is 2.81. The van der Waals surface area contributed by atoms with Gasteiger partial charge in [0.1, 0.15) is 22.9 Å². The molecule has 0 saturated carbocycles. The van der Waals surface area contributed by atoms with Crippen molar-refractivity contribution in [2.24, 2.45) is 0 Å². The fourth-order valence-corrected chi connectivity index (χ4v) is 3.86. The second-order valence-electron chi connectivity index (χ2n) is 5.60. The highest BCUT2D eigenvalue weighted by Crippen LogP contribution is 2.24. The summed E-state index contributed by atoms with van der Waals surface area (Å²) in [6, 6.07) is 13.7. The lowest BCUT2D eigenvalue weighted by molar-refractivity contribution is 0.374. The van der Waals surface area contributed by atoms with Gasteiger partial charge in [-0.1, -0.05) is 53.4 Å². The molecule has 0 fully saturated rings. The maximum atomic E-state index is 12.2. The molecule has 0 aliphatic carbocycles. The van der Waals surface area contributed by atoms with Crippen LogP contribution in [0.2, 0.25) is 0 Å². The summed E-state index contributed by atoms with van der Waals surface area (Å²) in [6.45, 7) is 3.28. The van der Waals surface area contributed by atoms with Crippen molar-refractivity contribution in [3.05, 3.63) is 53.9 Å². The lowest BCUT2D eigenvalue weighted by Crippen LogP contribution is -2.25. The molecule has 3 rings (SSSR count). The highest BCUT2D eigenvalue weighted by atomic mass is 32.2. The van der Waals surface area contributed by atoms with Crippen LogP contribution in [0, 0.1) is 25.7 Å². The van der Waals surface area contributed by atoms with E-state index in [1.54, 1.807) is 13.8 Å². The number of ether oxygens (including phenoxy) is 1. The Labute approximate surface area is 152 Å². The van der Waals surface area contributed by atoms with Gasteiger partial charge in [-0.2, -0.15) is 4.72 Å². The van der Waals surface area contributed by atoms with Crippen LogP contribution in [0.15, 0.2) is 51.9 Å². The van der Waals surface area contributed by atoms with Gasteiger partial charge in [-0.15, -0.1) is 0 Å².